The monoisotopic (exact) mass is 1270 g/mol. The quantitative estimate of drug-likeness (QED) is 0.118. The first-order valence-corrected chi connectivity index (χ1v) is 30.4. The van der Waals surface area contributed by atoms with Crippen LogP contribution in [0.1, 0.15) is 127 Å². The fourth-order valence-corrected chi connectivity index (χ4v) is 12.1. The number of esters is 2. The van der Waals surface area contributed by atoms with Gasteiger partial charge in [-0.25, -0.2) is 14.6 Å². The van der Waals surface area contributed by atoms with E-state index < -0.39 is 209 Å². The molecule has 0 bridgehead atoms. The Morgan fingerprint density at radius 2 is 1.13 bits per heavy atom. The zero-order chi connectivity index (χ0) is 68.0. The van der Waals surface area contributed by atoms with E-state index in [9.17, 15) is 57.5 Å². The predicted molar refractivity (Wildman–Crippen MR) is 326 cm³/mol. The zero-order valence-electron chi connectivity index (χ0n) is 54.5. The molecule has 0 aromatic heterocycles. The van der Waals surface area contributed by atoms with Crippen molar-refractivity contribution < 1.29 is 76.2 Å². The SMILES string of the molecule is Cc1c2oc3c(C)ccc(C(=O)N[C@@H]4C(=O)N[C@H](C(C)C)C(=O)N5[C@H](C)CC[C@H]5C(=O)N(C)CC(=O)N(C)[C@@H](C(C)C)C(=O)O[C@H]4C)c3nc-2c(C(=O)N[C@@H]2C(=O)N[C@H](C(C)C)C(=O)N3[C@H](C)C(=O)C[C@H]3C(=O)N(C)CC(=O)N(C)[C@@H](C)C(=O)O[C@H]2C)c(N)c1=O. The lowest BCUT2D eigenvalue weighted by Gasteiger charge is -2.37. The van der Waals surface area contributed by atoms with Crippen molar-refractivity contribution in [2.75, 3.05) is 47.0 Å². The number of amides is 10. The molecule has 5 aliphatic heterocycles. The number of hydrogen-bond acceptors (Lipinski definition) is 19. The summed E-state index contributed by atoms with van der Waals surface area (Å²) >= 11 is 0. The summed E-state index contributed by atoms with van der Waals surface area (Å²) in [6.45, 7) is 18.8. The summed E-state index contributed by atoms with van der Waals surface area (Å²) in [5.41, 5.74) is 3.27. The number of aromatic nitrogens is 1. The molecule has 1 aromatic rings. The van der Waals surface area contributed by atoms with Crippen LogP contribution >= 0.6 is 0 Å². The number of fused-ring (bicyclic) bond motifs is 4. The highest BCUT2D eigenvalue weighted by molar-refractivity contribution is 6.11. The van der Waals surface area contributed by atoms with Gasteiger partial charge >= 0.3 is 11.9 Å². The molecule has 7 rings (SSSR count). The Balaban J connectivity index is 1.32. The molecular formula is C62H84N12O17. The maximum atomic E-state index is 15.1. The van der Waals surface area contributed by atoms with E-state index in [-0.39, 0.29) is 34.4 Å². The second-order valence-electron chi connectivity index (χ2n) is 25.4. The smallest absolute Gasteiger partial charge is 0.329 e. The summed E-state index contributed by atoms with van der Waals surface area (Å²) in [7, 11) is 5.37. The number of hydrogen-bond donors (Lipinski definition) is 5. The lowest BCUT2D eigenvalue weighted by molar-refractivity contribution is -0.163. The van der Waals surface area contributed by atoms with Crippen molar-refractivity contribution in [1.82, 2.24) is 55.7 Å². The number of benzene rings is 2. The van der Waals surface area contributed by atoms with Crippen molar-refractivity contribution in [3.8, 4) is 11.5 Å². The molecule has 0 unspecified atom stereocenters. The van der Waals surface area contributed by atoms with E-state index >= 15 is 9.59 Å². The van der Waals surface area contributed by atoms with Crippen LogP contribution in [0.3, 0.4) is 0 Å². The Bertz CT molecular complexity index is 3530. The number of nitrogens with two attached hydrogens (primary N) is 1. The lowest BCUT2D eigenvalue weighted by Crippen LogP contribution is -2.62. The summed E-state index contributed by atoms with van der Waals surface area (Å²) in [6, 6.07) is -10.4. The first-order chi connectivity index (χ1) is 42.4. The Morgan fingerprint density at radius 1 is 0.626 bits per heavy atom. The molecule has 6 aliphatic rings. The van der Waals surface area contributed by atoms with Crippen molar-refractivity contribution >= 4 is 93.6 Å². The summed E-state index contributed by atoms with van der Waals surface area (Å²) in [6.07, 6.45) is -2.87. The first-order valence-electron chi connectivity index (χ1n) is 30.4. The van der Waals surface area contributed by atoms with Gasteiger partial charge in [-0.05, 0) is 90.7 Å². The third kappa shape index (κ3) is 13.6. The molecule has 4 saturated heterocycles. The van der Waals surface area contributed by atoms with Gasteiger partial charge in [0.15, 0.2) is 17.1 Å². The van der Waals surface area contributed by atoms with E-state index in [4.69, 9.17) is 24.6 Å². The molecule has 29 nitrogen and oxygen atoms in total. The minimum atomic E-state index is -1.96. The van der Waals surface area contributed by atoms with E-state index in [0.717, 1.165) is 19.6 Å². The molecule has 1 aliphatic carbocycles. The van der Waals surface area contributed by atoms with E-state index in [1.807, 2.05) is 0 Å². The van der Waals surface area contributed by atoms with E-state index in [0.29, 0.717) is 12.0 Å². The van der Waals surface area contributed by atoms with Gasteiger partial charge in [-0.1, -0.05) is 47.6 Å². The second kappa shape index (κ2) is 27.2. The second-order valence-corrected chi connectivity index (χ2v) is 25.4. The number of nitrogens with one attached hydrogen (secondary N) is 4. The fourth-order valence-electron chi connectivity index (χ4n) is 12.1. The summed E-state index contributed by atoms with van der Waals surface area (Å²) in [4.78, 5) is 212. The standard InChI is InChI=1S/C62H84N12O17/c1-25(2)43-59(85)73-29(8)19-21-36(73)57(83)69(14)24-40(77)72(17)49(27(5)6)62(88)90-34(13)45(55(81)65-43)67-53(79)35-20-18-28(7)51-47(35)64-48-41(42(63)50(78)30(9)52(48)91-51)54(80)68-46-33(12)89-61(87)32(11)71(16)39(76)23-70(15)58(84)37-22-38(75)31(10)74(37)60(86)44(26(3)4)66-56(46)82/h18,20,25-27,29,31-34,36-37,43-46,49H,19,21-24,63H2,1-17H3,(H,65,81)(H,66,82)(H,67,79)(H,68,80)/t29-,31-,32+,33+,34+,36+,37+,43-,44-,45+,46+,49+/m1/s1. The molecule has 29 heteroatoms. The van der Waals surface area contributed by atoms with Gasteiger partial charge in [0.05, 0.1) is 35.9 Å². The molecule has 0 radical (unpaired) electrons. The molecule has 0 spiro atoms. The third-order valence-electron chi connectivity index (χ3n) is 17.9. The number of anilines is 1. The minimum absolute atomic E-state index is 0.0999. The number of Topliss-reactive ketones (excluding diaryl/α,β-unsaturated/α-hetero) is 1. The number of nitrogen functional groups attached to an aromatic ring is 1. The Morgan fingerprint density at radius 3 is 1.67 bits per heavy atom. The van der Waals surface area contributed by atoms with Crippen LogP contribution in [0.2, 0.25) is 0 Å². The highest BCUT2D eigenvalue weighted by atomic mass is 16.6. The number of cyclic esters (lactones) is 2. The molecule has 1 aromatic carbocycles. The number of carbonyl (C=O) groups excluding carboxylic acids is 13. The largest absolute Gasteiger partial charge is 0.458 e. The van der Waals surface area contributed by atoms with Gasteiger partial charge in [0.2, 0.25) is 52.7 Å². The van der Waals surface area contributed by atoms with Gasteiger partial charge in [-0.3, -0.25) is 57.5 Å². The van der Waals surface area contributed by atoms with Gasteiger partial charge in [0.25, 0.3) is 11.8 Å². The Hall–Kier alpha value is -9.05. The first kappa shape index (κ1) is 69.4. The van der Waals surface area contributed by atoms with Crippen molar-refractivity contribution in [3.63, 3.8) is 0 Å². The van der Waals surface area contributed by atoms with Crippen molar-refractivity contribution in [2.45, 2.75) is 182 Å². The zero-order valence-corrected chi connectivity index (χ0v) is 54.5. The average molecular weight is 1270 g/mol. The van der Waals surface area contributed by atoms with E-state index in [1.54, 1.807) is 55.4 Å². The van der Waals surface area contributed by atoms with Crippen LogP contribution < -0.4 is 32.4 Å². The van der Waals surface area contributed by atoms with Gasteiger partial charge < -0.3 is 70.3 Å². The Labute approximate surface area is 526 Å². The molecule has 4 fully saturated rings. The maximum Gasteiger partial charge on any atom is 0.329 e. The highest BCUT2D eigenvalue weighted by Crippen LogP contribution is 2.36. The van der Waals surface area contributed by atoms with Crippen LogP contribution in [-0.4, -0.2) is 225 Å². The minimum Gasteiger partial charge on any atom is -0.458 e. The van der Waals surface area contributed by atoms with Crippen LogP contribution in [0.4, 0.5) is 5.69 Å². The Kier molecular flexibility index (Phi) is 20.7. The molecule has 91 heavy (non-hydrogen) atoms. The maximum absolute atomic E-state index is 15.1. The van der Waals surface area contributed by atoms with Gasteiger partial charge in [0.1, 0.15) is 71.8 Å². The van der Waals surface area contributed by atoms with E-state index in [1.165, 1.54) is 84.7 Å². The van der Waals surface area contributed by atoms with Crippen LogP contribution in [0.5, 0.6) is 0 Å². The lowest BCUT2D eigenvalue weighted by atomic mass is 9.98. The highest BCUT2D eigenvalue weighted by Gasteiger charge is 2.50. The third-order valence-corrected chi connectivity index (χ3v) is 17.9. The predicted octanol–water partition coefficient (Wildman–Crippen LogP) is 0.0455. The van der Waals surface area contributed by atoms with Crippen molar-refractivity contribution in [1.29, 1.82) is 0 Å². The van der Waals surface area contributed by atoms with Crippen LogP contribution in [0.25, 0.3) is 22.6 Å². The van der Waals surface area contributed by atoms with Gasteiger partial charge in [-0.15, -0.1) is 0 Å². The number of aryl methyl sites for hydroxylation is 1. The molecule has 6 N–H and O–H groups in total. The van der Waals surface area contributed by atoms with Crippen molar-refractivity contribution in [3.05, 3.63) is 44.6 Å². The van der Waals surface area contributed by atoms with Crippen LogP contribution in [0, 0.1) is 31.6 Å². The number of nitrogens with zero attached hydrogens (tertiary/aromatic N) is 7. The summed E-state index contributed by atoms with van der Waals surface area (Å²) in [5, 5.41) is 10.5. The van der Waals surface area contributed by atoms with Crippen LogP contribution in [-0.2, 0) is 62.2 Å². The molecule has 494 valence electrons. The fraction of sp³-hybridized carbons (Fsp3) is 0.597. The van der Waals surface area contributed by atoms with Crippen molar-refractivity contribution in [2.24, 2.45) is 17.8 Å². The molecule has 5 heterocycles. The van der Waals surface area contributed by atoms with E-state index in [2.05, 4.69) is 21.3 Å². The van der Waals surface area contributed by atoms with Gasteiger partial charge in [0, 0.05) is 46.2 Å². The topological polar surface area (TPSA) is 377 Å². The molecule has 0 saturated carbocycles. The summed E-state index contributed by atoms with van der Waals surface area (Å²) < 4.78 is 18.1. The number of ether oxygens (including phenoxy) is 2. The normalized spacial score (nSPS) is 27.7. The molecule has 10 amide bonds. The number of likely N-dealkylation sites (N-methyl/N-ethyl adjacent to an activating group) is 4. The molecular weight excluding hydrogens is 1180 g/mol. The van der Waals surface area contributed by atoms with Gasteiger partial charge in [-0.2, -0.15) is 0 Å². The number of ketones is 1. The van der Waals surface area contributed by atoms with Crippen LogP contribution in [0.15, 0.2) is 21.3 Å². The molecule has 12 atom stereocenters. The number of rotatable bonds is 7. The number of carbonyl (C=O) groups is 13. The summed E-state index contributed by atoms with van der Waals surface area (Å²) in [5.74, 6) is -13.3. The average Bonchev–Trinajstić information content (AvgIpc) is 1.43.